The first-order chi connectivity index (χ1) is 9.65. The number of amides is 1. The van der Waals surface area contributed by atoms with Gasteiger partial charge in [-0.15, -0.1) is 0 Å². The van der Waals surface area contributed by atoms with Crippen molar-refractivity contribution in [1.82, 2.24) is 5.32 Å². The molecule has 0 aliphatic heterocycles. The van der Waals surface area contributed by atoms with Crippen LogP contribution in [0.15, 0.2) is 30.3 Å². The number of benzene rings is 1. The van der Waals surface area contributed by atoms with Gasteiger partial charge in [-0.3, -0.25) is 4.79 Å². The Hall–Kier alpha value is -1.55. The summed E-state index contributed by atoms with van der Waals surface area (Å²) >= 11 is 0. The number of rotatable bonds is 8. The Kier molecular flexibility index (Phi) is 5.41. The van der Waals surface area contributed by atoms with Crippen molar-refractivity contribution in [2.75, 3.05) is 13.2 Å². The van der Waals surface area contributed by atoms with E-state index in [1.807, 2.05) is 37.3 Å². The minimum Gasteiger partial charge on any atom is -0.491 e. The molecule has 1 aliphatic carbocycles. The number of ether oxygens (including phenoxy) is 2. The topological polar surface area (TPSA) is 47.6 Å². The van der Waals surface area contributed by atoms with Crippen molar-refractivity contribution >= 4 is 5.91 Å². The minimum atomic E-state index is -0.394. The second kappa shape index (κ2) is 7.29. The van der Waals surface area contributed by atoms with Crippen LogP contribution in [0.2, 0.25) is 0 Å². The largest absolute Gasteiger partial charge is 0.491 e. The molecule has 2 rings (SSSR count). The van der Waals surface area contributed by atoms with Crippen LogP contribution in [-0.4, -0.2) is 31.3 Å². The van der Waals surface area contributed by atoms with Crippen molar-refractivity contribution in [3.8, 4) is 5.75 Å². The maximum absolute atomic E-state index is 11.9. The van der Waals surface area contributed by atoms with Gasteiger partial charge in [0.05, 0.1) is 12.6 Å². The third kappa shape index (κ3) is 5.21. The zero-order valence-corrected chi connectivity index (χ0v) is 12.2. The van der Waals surface area contributed by atoms with E-state index in [1.54, 1.807) is 6.92 Å². The van der Waals surface area contributed by atoms with Gasteiger partial charge < -0.3 is 14.8 Å². The molecule has 0 saturated heterocycles. The quantitative estimate of drug-likeness (QED) is 0.793. The molecule has 110 valence electrons. The summed E-state index contributed by atoms with van der Waals surface area (Å²) in [6.07, 6.45) is 2.07. The maximum Gasteiger partial charge on any atom is 0.249 e. The molecule has 1 amide bonds. The van der Waals surface area contributed by atoms with Crippen molar-refractivity contribution < 1.29 is 14.3 Å². The number of carbonyl (C=O) groups is 1. The molecule has 0 radical (unpaired) electrons. The van der Waals surface area contributed by atoms with Gasteiger partial charge in [0.1, 0.15) is 18.5 Å². The van der Waals surface area contributed by atoms with Gasteiger partial charge in [0, 0.05) is 0 Å². The van der Waals surface area contributed by atoms with Gasteiger partial charge >= 0.3 is 0 Å². The Morgan fingerprint density at radius 2 is 2.00 bits per heavy atom. The highest BCUT2D eigenvalue weighted by molar-refractivity contribution is 5.80. The number of hydrogen-bond donors (Lipinski definition) is 1. The summed E-state index contributed by atoms with van der Waals surface area (Å²) in [6, 6.07) is 9.54. The van der Waals surface area contributed by atoms with Crippen LogP contribution in [0.4, 0.5) is 0 Å². The van der Waals surface area contributed by atoms with Crippen molar-refractivity contribution in [3.05, 3.63) is 30.3 Å². The second-order valence-electron chi connectivity index (χ2n) is 5.45. The molecule has 0 unspecified atom stereocenters. The number of hydrogen-bond acceptors (Lipinski definition) is 3. The molecule has 20 heavy (non-hydrogen) atoms. The molecule has 0 bridgehead atoms. The Labute approximate surface area is 120 Å². The smallest absolute Gasteiger partial charge is 0.249 e. The molecular weight excluding hydrogens is 254 g/mol. The summed E-state index contributed by atoms with van der Waals surface area (Å²) < 4.78 is 11.1. The first-order valence-corrected chi connectivity index (χ1v) is 7.25. The van der Waals surface area contributed by atoms with Crippen LogP contribution >= 0.6 is 0 Å². The fourth-order valence-corrected chi connectivity index (χ4v) is 1.78. The average Bonchev–Trinajstić information content (AvgIpc) is 3.28. The molecule has 1 fully saturated rings. The average molecular weight is 277 g/mol. The standard InChI is InChI=1S/C16H23NO3/c1-12(10-20-15-6-4-3-5-7-15)17-16(18)13(2)19-11-14-8-9-14/h3-7,12-14H,8-11H2,1-2H3,(H,17,18)/t12-,13-/m1/s1. The fraction of sp³-hybridized carbons (Fsp3) is 0.562. The van der Waals surface area contributed by atoms with Crippen molar-refractivity contribution in [2.24, 2.45) is 5.92 Å². The summed E-state index contributed by atoms with van der Waals surface area (Å²) in [6.45, 7) is 4.87. The van der Waals surface area contributed by atoms with Crippen molar-refractivity contribution in [2.45, 2.75) is 38.8 Å². The first kappa shape index (κ1) is 14.9. The van der Waals surface area contributed by atoms with Crippen LogP contribution in [0.1, 0.15) is 26.7 Å². The fourth-order valence-electron chi connectivity index (χ4n) is 1.78. The summed E-state index contributed by atoms with van der Waals surface area (Å²) in [5.41, 5.74) is 0. The Morgan fingerprint density at radius 1 is 1.30 bits per heavy atom. The van der Waals surface area contributed by atoms with E-state index in [0.29, 0.717) is 19.1 Å². The third-order valence-electron chi connectivity index (χ3n) is 3.28. The lowest BCUT2D eigenvalue weighted by molar-refractivity contribution is -0.132. The molecule has 0 heterocycles. The van der Waals surface area contributed by atoms with E-state index < -0.39 is 6.10 Å². The molecule has 0 aromatic heterocycles. The van der Waals surface area contributed by atoms with Gasteiger partial charge in [-0.05, 0) is 44.7 Å². The van der Waals surface area contributed by atoms with Gasteiger partial charge in [0.25, 0.3) is 0 Å². The highest BCUT2D eigenvalue weighted by atomic mass is 16.5. The van der Waals surface area contributed by atoms with Gasteiger partial charge in [-0.25, -0.2) is 0 Å². The lowest BCUT2D eigenvalue weighted by Crippen LogP contribution is -2.42. The van der Waals surface area contributed by atoms with E-state index in [9.17, 15) is 4.79 Å². The highest BCUT2D eigenvalue weighted by Gasteiger charge is 2.24. The SMILES string of the molecule is C[C@H](COc1ccccc1)NC(=O)[C@@H](C)OCC1CC1. The zero-order chi connectivity index (χ0) is 14.4. The summed E-state index contributed by atoms with van der Waals surface area (Å²) in [4.78, 5) is 11.9. The van der Waals surface area contributed by atoms with Gasteiger partial charge in [-0.2, -0.15) is 0 Å². The van der Waals surface area contributed by atoms with Crippen LogP contribution in [-0.2, 0) is 9.53 Å². The molecule has 1 N–H and O–H groups in total. The first-order valence-electron chi connectivity index (χ1n) is 7.25. The van der Waals surface area contributed by atoms with E-state index in [0.717, 1.165) is 5.75 Å². The van der Waals surface area contributed by atoms with E-state index >= 15 is 0 Å². The van der Waals surface area contributed by atoms with Gasteiger partial charge in [-0.1, -0.05) is 18.2 Å². The van der Waals surface area contributed by atoms with Crippen molar-refractivity contribution in [1.29, 1.82) is 0 Å². The molecule has 4 nitrogen and oxygen atoms in total. The van der Waals surface area contributed by atoms with Crippen molar-refractivity contribution in [3.63, 3.8) is 0 Å². The lowest BCUT2D eigenvalue weighted by Gasteiger charge is -2.18. The van der Waals surface area contributed by atoms with E-state index in [4.69, 9.17) is 9.47 Å². The van der Waals surface area contributed by atoms with Gasteiger partial charge in [0.2, 0.25) is 5.91 Å². The zero-order valence-electron chi connectivity index (χ0n) is 12.2. The Morgan fingerprint density at radius 3 is 2.65 bits per heavy atom. The van der Waals surface area contributed by atoms with Crippen LogP contribution in [0, 0.1) is 5.92 Å². The number of nitrogens with one attached hydrogen (secondary N) is 1. The molecular formula is C16H23NO3. The van der Waals surface area contributed by atoms with E-state index in [-0.39, 0.29) is 11.9 Å². The normalized spacial score (nSPS) is 17.3. The summed E-state index contributed by atoms with van der Waals surface area (Å²) in [5.74, 6) is 1.41. The molecule has 1 aliphatic rings. The highest BCUT2D eigenvalue weighted by Crippen LogP contribution is 2.29. The monoisotopic (exact) mass is 277 g/mol. The second-order valence-corrected chi connectivity index (χ2v) is 5.45. The summed E-state index contributed by atoms with van der Waals surface area (Å²) in [5, 5.41) is 2.91. The minimum absolute atomic E-state index is 0.0466. The van der Waals surface area contributed by atoms with Crippen LogP contribution in [0.3, 0.4) is 0 Å². The predicted molar refractivity (Wildman–Crippen MR) is 77.7 cm³/mol. The van der Waals surface area contributed by atoms with Crippen LogP contribution < -0.4 is 10.1 Å². The lowest BCUT2D eigenvalue weighted by atomic mass is 10.3. The number of para-hydroxylation sites is 1. The molecule has 2 atom stereocenters. The Bertz CT molecular complexity index is 417. The van der Waals surface area contributed by atoms with Crippen LogP contribution in [0.5, 0.6) is 5.75 Å². The molecule has 1 aromatic carbocycles. The molecule has 1 aromatic rings. The Balaban J connectivity index is 1.64. The predicted octanol–water partition coefficient (Wildman–Crippen LogP) is 2.39. The molecule has 1 saturated carbocycles. The van der Waals surface area contributed by atoms with Crippen LogP contribution in [0.25, 0.3) is 0 Å². The summed E-state index contributed by atoms with van der Waals surface area (Å²) in [7, 11) is 0. The van der Waals surface area contributed by atoms with E-state index in [1.165, 1.54) is 12.8 Å². The molecule has 0 spiro atoms. The molecule has 4 heteroatoms. The third-order valence-corrected chi connectivity index (χ3v) is 3.28. The maximum atomic E-state index is 11.9. The van der Waals surface area contributed by atoms with Gasteiger partial charge in [0.15, 0.2) is 0 Å². The number of carbonyl (C=O) groups excluding carboxylic acids is 1. The van der Waals surface area contributed by atoms with E-state index in [2.05, 4.69) is 5.32 Å².